The maximum absolute atomic E-state index is 6.25. The van der Waals surface area contributed by atoms with Gasteiger partial charge in [0.15, 0.2) is 0 Å². The molecule has 0 unspecified atom stereocenters. The summed E-state index contributed by atoms with van der Waals surface area (Å²) in [5, 5.41) is 12.5. The lowest BCUT2D eigenvalue weighted by molar-refractivity contribution is 0.584. The van der Waals surface area contributed by atoms with Gasteiger partial charge < -0.3 is 9.73 Å². The largest absolute Gasteiger partial charge is 0.416 e. The van der Waals surface area contributed by atoms with Crippen molar-refractivity contribution in [3.63, 3.8) is 0 Å². The van der Waals surface area contributed by atoms with E-state index in [1.54, 1.807) is 0 Å². The van der Waals surface area contributed by atoms with Gasteiger partial charge in [0.25, 0.3) is 0 Å². The molecule has 0 aliphatic heterocycles. The third-order valence-electron chi connectivity index (χ3n) is 4.63. The van der Waals surface area contributed by atoms with Crippen molar-refractivity contribution in [2.24, 2.45) is 0 Å². The Bertz CT molecular complexity index is 1120. The van der Waals surface area contributed by atoms with Gasteiger partial charge in [0.1, 0.15) is 0 Å². The molecule has 0 fully saturated rings. The molecule has 4 nitrogen and oxygen atoms in total. The highest BCUT2D eigenvalue weighted by Crippen LogP contribution is 2.30. The van der Waals surface area contributed by atoms with Crippen LogP contribution in [0.15, 0.2) is 71.1 Å². The highest BCUT2D eigenvalue weighted by Gasteiger charge is 2.15. The van der Waals surface area contributed by atoms with E-state index < -0.39 is 0 Å². The van der Waals surface area contributed by atoms with E-state index in [-0.39, 0.29) is 0 Å². The second-order valence-electron chi connectivity index (χ2n) is 6.72. The molecule has 5 heteroatoms. The van der Waals surface area contributed by atoms with E-state index in [1.165, 1.54) is 11.1 Å². The second-order valence-corrected chi connectivity index (χ2v) is 7.13. The molecule has 3 aromatic carbocycles. The van der Waals surface area contributed by atoms with E-state index in [9.17, 15) is 0 Å². The molecule has 0 atom stereocenters. The van der Waals surface area contributed by atoms with Crippen LogP contribution in [-0.2, 0) is 6.54 Å². The van der Waals surface area contributed by atoms with Crippen LogP contribution in [0.1, 0.15) is 16.7 Å². The van der Waals surface area contributed by atoms with Crippen molar-refractivity contribution < 1.29 is 4.42 Å². The zero-order chi connectivity index (χ0) is 19.5. The molecule has 0 aliphatic carbocycles. The smallest absolute Gasteiger partial charge is 0.249 e. The average Bonchev–Trinajstić information content (AvgIpc) is 3.18. The molecular formula is C23H20ClN3O. The van der Waals surface area contributed by atoms with Gasteiger partial charge in [-0.2, -0.15) is 0 Å². The first kappa shape index (κ1) is 18.3. The lowest BCUT2D eigenvalue weighted by Gasteiger charge is -2.12. The molecule has 0 aliphatic rings. The van der Waals surface area contributed by atoms with Crippen LogP contribution in [-0.4, -0.2) is 10.2 Å². The van der Waals surface area contributed by atoms with Crippen molar-refractivity contribution in [2.75, 3.05) is 5.32 Å². The lowest BCUT2D eigenvalue weighted by Crippen LogP contribution is -2.02. The van der Waals surface area contributed by atoms with Crippen LogP contribution in [0.25, 0.3) is 22.9 Å². The van der Waals surface area contributed by atoms with Crippen molar-refractivity contribution in [3.8, 4) is 22.9 Å². The summed E-state index contributed by atoms with van der Waals surface area (Å²) in [7, 11) is 0. The number of hydrogen-bond acceptors (Lipinski definition) is 4. The molecule has 4 aromatic rings. The number of aryl methyl sites for hydroxylation is 2. The lowest BCUT2D eigenvalue weighted by atomic mass is 10.1. The first-order valence-corrected chi connectivity index (χ1v) is 9.47. The van der Waals surface area contributed by atoms with Crippen molar-refractivity contribution in [1.29, 1.82) is 0 Å². The average molecular weight is 390 g/mol. The Kier molecular flexibility index (Phi) is 5.13. The number of anilines is 1. The van der Waals surface area contributed by atoms with Crippen LogP contribution < -0.4 is 5.32 Å². The molecule has 28 heavy (non-hydrogen) atoms. The van der Waals surface area contributed by atoms with E-state index in [1.807, 2.05) is 42.5 Å². The normalized spacial score (nSPS) is 10.8. The number of nitrogens with zero attached hydrogens (tertiary/aromatic N) is 2. The van der Waals surface area contributed by atoms with E-state index >= 15 is 0 Å². The fraction of sp³-hybridized carbons (Fsp3) is 0.130. The summed E-state index contributed by atoms with van der Waals surface area (Å²) in [5.74, 6) is 0.894. The van der Waals surface area contributed by atoms with Crippen LogP contribution in [0.2, 0.25) is 5.02 Å². The molecule has 0 saturated heterocycles. The van der Waals surface area contributed by atoms with Gasteiger partial charge in [-0.05, 0) is 49.2 Å². The van der Waals surface area contributed by atoms with Crippen molar-refractivity contribution in [3.05, 3.63) is 88.4 Å². The van der Waals surface area contributed by atoms with Gasteiger partial charge in [-0.15, -0.1) is 10.2 Å². The topological polar surface area (TPSA) is 51.0 Å². The summed E-state index contributed by atoms with van der Waals surface area (Å²) in [6, 6.07) is 21.9. The summed E-state index contributed by atoms with van der Waals surface area (Å²) in [6.45, 7) is 4.86. The fourth-order valence-corrected chi connectivity index (χ4v) is 3.38. The highest BCUT2D eigenvalue weighted by atomic mass is 35.5. The second kappa shape index (κ2) is 7.87. The van der Waals surface area contributed by atoms with Gasteiger partial charge in [-0.1, -0.05) is 59.6 Å². The Morgan fingerprint density at radius 2 is 1.54 bits per heavy atom. The molecular weight excluding hydrogens is 370 g/mol. The van der Waals surface area contributed by atoms with E-state index in [0.717, 1.165) is 22.4 Å². The zero-order valence-electron chi connectivity index (χ0n) is 15.7. The Morgan fingerprint density at radius 1 is 0.857 bits per heavy atom. The van der Waals surface area contributed by atoms with Crippen LogP contribution in [0, 0.1) is 13.8 Å². The molecule has 1 N–H and O–H groups in total. The van der Waals surface area contributed by atoms with Crippen molar-refractivity contribution >= 4 is 17.3 Å². The zero-order valence-corrected chi connectivity index (χ0v) is 16.5. The number of hydrogen-bond donors (Lipinski definition) is 1. The molecule has 4 rings (SSSR count). The Labute approximate surface area is 169 Å². The molecule has 0 bridgehead atoms. The summed E-state index contributed by atoms with van der Waals surface area (Å²) < 4.78 is 5.93. The monoisotopic (exact) mass is 389 g/mol. The summed E-state index contributed by atoms with van der Waals surface area (Å²) >= 11 is 6.25. The third kappa shape index (κ3) is 3.78. The molecule has 1 aromatic heterocycles. The van der Waals surface area contributed by atoms with Gasteiger partial charge in [0.05, 0.1) is 10.6 Å². The minimum atomic E-state index is 0.415. The van der Waals surface area contributed by atoms with Gasteiger partial charge in [-0.3, -0.25) is 0 Å². The Balaban J connectivity index is 1.61. The third-order valence-corrected chi connectivity index (χ3v) is 4.96. The maximum Gasteiger partial charge on any atom is 0.249 e. The van der Waals surface area contributed by atoms with Crippen LogP contribution in [0.3, 0.4) is 0 Å². The molecule has 0 saturated carbocycles. The highest BCUT2D eigenvalue weighted by molar-refractivity contribution is 6.33. The van der Waals surface area contributed by atoms with Gasteiger partial charge in [0, 0.05) is 17.8 Å². The van der Waals surface area contributed by atoms with Crippen LogP contribution in [0.5, 0.6) is 0 Å². The number of nitrogens with one attached hydrogen (secondary N) is 1. The summed E-state index contributed by atoms with van der Waals surface area (Å²) in [6.07, 6.45) is 0. The number of benzene rings is 3. The molecule has 140 valence electrons. The molecule has 0 amide bonds. The Hall–Kier alpha value is -3.11. The first-order chi connectivity index (χ1) is 13.6. The van der Waals surface area contributed by atoms with Crippen LogP contribution in [0.4, 0.5) is 5.69 Å². The standard InChI is InChI=1S/C23H20ClN3O/c1-15-11-12-21(16(2)13-15)25-14-17-7-3-4-8-18(17)22-26-27-23(28-22)19-9-5-6-10-20(19)24/h3-13,25H,14H2,1-2H3. The van der Waals surface area contributed by atoms with E-state index in [0.29, 0.717) is 23.3 Å². The summed E-state index contributed by atoms with van der Waals surface area (Å²) in [5.41, 5.74) is 6.30. The van der Waals surface area contributed by atoms with Gasteiger partial charge in [-0.25, -0.2) is 0 Å². The van der Waals surface area contributed by atoms with Gasteiger partial charge in [0.2, 0.25) is 11.8 Å². The number of aromatic nitrogens is 2. The fourth-order valence-electron chi connectivity index (χ4n) is 3.16. The minimum absolute atomic E-state index is 0.415. The summed E-state index contributed by atoms with van der Waals surface area (Å²) in [4.78, 5) is 0. The van der Waals surface area contributed by atoms with E-state index in [4.69, 9.17) is 16.0 Å². The molecule has 0 spiro atoms. The predicted molar refractivity (Wildman–Crippen MR) is 113 cm³/mol. The van der Waals surface area contributed by atoms with E-state index in [2.05, 4.69) is 53.6 Å². The number of halogens is 1. The first-order valence-electron chi connectivity index (χ1n) is 9.09. The predicted octanol–water partition coefficient (Wildman–Crippen LogP) is 6.29. The van der Waals surface area contributed by atoms with Crippen LogP contribution >= 0.6 is 11.6 Å². The minimum Gasteiger partial charge on any atom is -0.416 e. The SMILES string of the molecule is Cc1ccc(NCc2ccccc2-c2nnc(-c3ccccc3Cl)o2)c(C)c1. The maximum atomic E-state index is 6.25. The molecule has 1 heterocycles. The number of rotatable bonds is 5. The molecule has 0 radical (unpaired) electrons. The van der Waals surface area contributed by atoms with Crippen molar-refractivity contribution in [1.82, 2.24) is 10.2 Å². The quantitative estimate of drug-likeness (QED) is 0.436. The van der Waals surface area contributed by atoms with Crippen molar-refractivity contribution in [2.45, 2.75) is 20.4 Å². The Morgan fingerprint density at radius 3 is 2.29 bits per heavy atom. The van der Waals surface area contributed by atoms with Gasteiger partial charge >= 0.3 is 0 Å².